The zero-order valence-corrected chi connectivity index (χ0v) is 19.8. The number of carbonyl (C=O) groups is 2. The van der Waals surface area contributed by atoms with Crippen molar-refractivity contribution in [3.8, 4) is 11.5 Å². The summed E-state index contributed by atoms with van der Waals surface area (Å²) >= 11 is 6.20. The van der Waals surface area contributed by atoms with E-state index in [4.69, 9.17) is 21.1 Å². The summed E-state index contributed by atoms with van der Waals surface area (Å²) in [5, 5.41) is 0.179. The minimum Gasteiger partial charge on any atom is -0.493 e. The number of carbonyl (C=O) groups excluding carboxylic acids is 2. The molecule has 0 heterocycles. The van der Waals surface area contributed by atoms with E-state index < -0.39 is 28.4 Å². The summed E-state index contributed by atoms with van der Waals surface area (Å²) in [6.07, 6.45) is 0.766. The van der Waals surface area contributed by atoms with Crippen LogP contribution in [0.1, 0.15) is 29.3 Å². The fourth-order valence-electron chi connectivity index (χ4n) is 2.61. The molecule has 0 aliphatic rings. The van der Waals surface area contributed by atoms with Gasteiger partial charge in [0.15, 0.2) is 11.5 Å². The molecule has 2 aromatic carbocycles. The number of aryl methyl sites for hydroxylation is 1. The Morgan fingerprint density at radius 3 is 2.38 bits per heavy atom. The molecule has 0 aliphatic heterocycles. The van der Waals surface area contributed by atoms with Crippen LogP contribution < -0.4 is 20.3 Å². The fourth-order valence-corrected chi connectivity index (χ4v) is 4.00. The Morgan fingerprint density at radius 2 is 1.78 bits per heavy atom. The topological polar surface area (TPSA) is 114 Å². The number of sulfonamides is 1. The molecule has 2 amide bonds. The highest BCUT2D eigenvalue weighted by molar-refractivity contribution is 7.89. The molecule has 2 N–H and O–H groups in total. The number of methoxy groups -OCH3 is 1. The predicted molar refractivity (Wildman–Crippen MR) is 120 cm³/mol. The third-order valence-electron chi connectivity index (χ3n) is 4.35. The van der Waals surface area contributed by atoms with Crippen molar-refractivity contribution in [2.24, 2.45) is 0 Å². The Labute approximate surface area is 192 Å². The summed E-state index contributed by atoms with van der Waals surface area (Å²) in [5.74, 6) is -0.798. The summed E-state index contributed by atoms with van der Waals surface area (Å²) in [5.41, 5.74) is 5.45. The van der Waals surface area contributed by atoms with Crippen LogP contribution >= 0.6 is 11.6 Å². The molecule has 0 bridgehead atoms. The Kier molecular flexibility index (Phi) is 8.88. The van der Waals surface area contributed by atoms with E-state index in [1.54, 1.807) is 12.1 Å². The van der Waals surface area contributed by atoms with Crippen LogP contribution in [-0.2, 0) is 14.8 Å². The van der Waals surface area contributed by atoms with Crippen molar-refractivity contribution in [3.05, 3.63) is 52.5 Å². The van der Waals surface area contributed by atoms with Crippen LogP contribution in [0.15, 0.2) is 41.3 Å². The quantitative estimate of drug-likeness (QED) is 0.530. The van der Waals surface area contributed by atoms with Crippen molar-refractivity contribution in [1.82, 2.24) is 15.2 Å². The molecule has 0 radical (unpaired) electrons. The van der Waals surface area contributed by atoms with E-state index in [-0.39, 0.29) is 21.2 Å². The van der Waals surface area contributed by atoms with E-state index >= 15 is 0 Å². The number of hydrazine groups is 1. The van der Waals surface area contributed by atoms with Gasteiger partial charge in [-0.2, -0.15) is 4.31 Å². The van der Waals surface area contributed by atoms with Gasteiger partial charge in [-0.25, -0.2) is 8.42 Å². The van der Waals surface area contributed by atoms with Crippen molar-refractivity contribution >= 4 is 33.4 Å². The van der Waals surface area contributed by atoms with Gasteiger partial charge in [0, 0.05) is 12.6 Å². The van der Waals surface area contributed by atoms with Crippen molar-refractivity contribution in [2.75, 3.05) is 27.3 Å². The number of amides is 2. The first kappa shape index (κ1) is 25.4. The van der Waals surface area contributed by atoms with Gasteiger partial charge >= 0.3 is 0 Å². The maximum Gasteiger partial charge on any atom is 0.269 e. The average Bonchev–Trinajstić information content (AvgIpc) is 2.76. The number of nitrogens with one attached hydrogen (secondary N) is 2. The monoisotopic (exact) mass is 483 g/mol. The highest BCUT2D eigenvalue weighted by Gasteiger charge is 2.23. The summed E-state index contributed by atoms with van der Waals surface area (Å²) in [6, 6.07) is 9.06. The van der Waals surface area contributed by atoms with Crippen LogP contribution in [0.2, 0.25) is 5.02 Å². The maximum atomic E-state index is 12.6. The van der Waals surface area contributed by atoms with Crippen LogP contribution in [0.4, 0.5) is 0 Å². The van der Waals surface area contributed by atoms with Crippen LogP contribution in [0, 0.1) is 6.92 Å². The van der Waals surface area contributed by atoms with Gasteiger partial charge in [-0.1, -0.05) is 36.2 Å². The summed E-state index contributed by atoms with van der Waals surface area (Å²) in [6.45, 7) is 3.71. The first-order chi connectivity index (χ1) is 15.1. The van der Waals surface area contributed by atoms with Gasteiger partial charge in [0.05, 0.1) is 30.2 Å². The molecule has 0 fully saturated rings. The van der Waals surface area contributed by atoms with Crippen molar-refractivity contribution in [2.45, 2.75) is 25.2 Å². The Bertz CT molecular complexity index is 1070. The second-order valence-corrected chi connectivity index (χ2v) is 9.37. The minimum atomic E-state index is -3.86. The van der Waals surface area contributed by atoms with E-state index in [0.717, 1.165) is 16.3 Å². The van der Waals surface area contributed by atoms with Crippen molar-refractivity contribution in [3.63, 3.8) is 0 Å². The van der Waals surface area contributed by atoms with Crippen LogP contribution in [0.25, 0.3) is 0 Å². The largest absolute Gasteiger partial charge is 0.493 e. The van der Waals surface area contributed by atoms with Crippen LogP contribution in [-0.4, -0.2) is 51.8 Å². The van der Waals surface area contributed by atoms with Gasteiger partial charge in [0.25, 0.3) is 11.8 Å². The van der Waals surface area contributed by atoms with E-state index in [2.05, 4.69) is 10.9 Å². The molecule has 0 saturated heterocycles. The molecule has 174 valence electrons. The molecule has 0 spiro atoms. The molecule has 2 rings (SSSR count). The van der Waals surface area contributed by atoms with E-state index in [0.29, 0.717) is 12.4 Å². The van der Waals surface area contributed by atoms with Crippen molar-refractivity contribution < 1.29 is 27.5 Å². The lowest BCUT2D eigenvalue weighted by Gasteiger charge is -2.17. The number of likely N-dealkylation sites (N-methyl/N-ethyl adjacent to an activating group) is 1. The predicted octanol–water partition coefficient (Wildman–Crippen LogP) is 2.53. The molecular formula is C21H26ClN3O6S. The van der Waals surface area contributed by atoms with Gasteiger partial charge in [0.2, 0.25) is 10.0 Å². The molecule has 11 heteroatoms. The third kappa shape index (κ3) is 6.35. The number of benzene rings is 2. The average molecular weight is 484 g/mol. The molecule has 9 nitrogen and oxygen atoms in total. The second kappa shape index (κ2) is 11.2. The standard InChI is InChI=1S/C21H26ClN3O6S/c1-5-10-31-20-17(22)11-15(12-18(20)30-4)21(27)24-23-19(26)13-25(3)32(28,29)16-8-6-14(2)7-9-16/h6-9,11-12H,5,10,13H2,1-4H3,(H,23,26)(H,24,27). The molecule has 0 atom stereocenters. The van der Waals surface area contributed by atoms with Crippen LogP contribution in [0.3, 0.4) is 0 Å². The van der Waals surface area contributed by atoms with E-state index in [1.165, 1.54) is 38.4 Å². The molecule has 0 aliphatic carbocycles. The minimum absolute atomic E-state index is 0.0644. The number of hydrogen-bond acceptors (Lipinski definition) is 6. The van der Waals surface area contributed by atoms with Crippen molar-refractivity contribution in [1.29, 1.82) is 0 Å². The normalized spacial score (nSPS) is 11.2. The number of ether oxygens (including phenoxy) is 2. The zero-order valence-electron chi connectivity index (χ0n) is 18.3. The first-order valence-corrected chi connectivity index (χ1v) is 11.5. The lowest BCUT2D eigenvalue weighted by atomic mass is 10.2. The fraction of sp³-hybridized carbons (Fsp3) is 0.333. The highest BCUT2D eigenvalue weighted by atomic mass is 35.5. The van der Waals surface area contributed by atoms with Gasteiger partial charge < -0.3 is 9.47 Å². The Balaban J connectivity index is 2.01. The second-order valence-electron chi connectivity index (χ2n) is 6.91. The number of rotatable bonds is 9. The maximum absolute atomic E-state index is 12.6. The van der Waals surface area contributed by atoms with E-state index in [9.17, 15) is 18.0 Å². The first-order valence-electron chi connectivity index (χ1n) is 9.72. The SMILES string of the molecule is CCCOc1c(Cl)cc(C(=O)NNC(=O)CN(C)S(=O)(=O)c2ccc(C)cc2)cc1OC. The lowest BCUT2D eigenvalue weighted by molar-refractivity contribution is -0.121. The zero-order chi connectivity index (χ0) is 23.9. The Hall–Kier alpha value is -2.82. The number of hydrogen-bond donors (Lipinski definition) is 2. The smallest absolute Gasteiger partial charge is 0.269 e. The number of nitrogens with zero attached hydrogens (tertiary/aromatic N) is 1. The number of halogens is 1. The van der Waals surface area contributed by atoms with Gasteiger partial charge in [-0.3, -0.25) is 20.4 Å². The molecule has 2 aromatic rings. The van der Waals surface area contributed by atoms with Crippen LogP contribution in [0.5, 0.6) is 11.5 Å². The molecular weight excluding hydrogens is 458 g/mol. The summed E-state index contributed by atoms with van der Waals surface area (Å²) < 4.78 is 36.8. The molecule has 0 aromatic heterocycles. The summed E-state index contributed by atoms with van der Waals surface area (Å²) in [7, 11) is -1.17. The lowest BCUT2D eigenvalue weighted by Crippen LogP contribution is -2.46. The Morgan fingerprint density at radius 1 is 1.12 bits per heavy atom. The molecule has 32 heavy (non-hydrogen) atoms. The summed E-state index contributed by atoms with van der Waals surface area (Å²) in [4.78, 5) is 24.7. The van der Waals surface area contributed by atoms with Gasteiger partial charge in [-0.15, -0.1) is 0 Å². The third-order valence-corrected chi connectivity index (χ3v) is 6.45. The molecule has 0 unspecified atom stereocenters. The highest BCUT2D eigenvalue weighted by Crippen LogP contribution is 2.36. The van der Waals surface area contributed by atoms with E-state index in [1.807, 2.05) is 13.8 Å². The van der Waals surface area contributed by atoms with Gasteiger partial charge in [0.1, 0.15) is 0 Å². The van der Waals surface area contributed by atoms with Gasteiger partial charge in [-0.05, 0) is 37.6 Å². The molecule has 0 saturated carbocycles.